The van der Waals surface area contributed by atoms with Crippen LogP contribution in [-0.2, 0) is 13.1 Å². The van der Waals surface area contributed by atoms with Crippen LogP contribution in [0, 0.1) is 5.82 Å². The molecule has 2 aromatic rings. The molecule has 2 rings (SSSR count). The molecule has 1 heterocycles. The van der Waals surface area contributed by atoms with Crippen LogP contribution in [0.4, 0.5) is 4.39 Å². The van der Waals surface area contributed by atoms with E-state index >= 15 is 0 Å². The summed E-state index contributed by atoms with van der Waals surface area (Å²) in [5, 5.41) is 6.35. The minimum Gasteiger partial charge on any atom is -0.472 e. The van der Waals surface area contributed by atoms with E-state index in [0.29, 0.717) is 19.0 Å². The molecule has 22 heavy (non-hydrogen) atoms. The molecule has 4 nitrogen and oxygen atoms in total. The van der Waals surface area contributed by atoms with Crippen LogP contribution >= 0.6 is 35.7 Å². The molecule has 0 atom stereocenters. The zero-order valence-corrected chi connectivity index (χ0v) is 15.6. The van der Waals surface area contributed by atoms with Crippen LogP contribution in [0.5, 0.6) is 0 Å². The van der Waals surface area contributed by atoms with E-state index in [1.165, 1.54) is 6.07 Å². The van der Waals surface area contributed by atoms with Crippen LogP contribution in [0.3, 0.4) is 0 Å². The van der Waals surface area contributed by atoms with E-state index in [0.717, 1.165) is 16.0 Å². The standard InChI is InChI=1S/C15H18FN3OS.HI/c1-17-15(18-8-11-5-6-20-10-11)19-9-12-7-13(16)3-4-14(12)21-2;/h3-7,10H,8-9H2,1-2H3,(H2,17,18,19);1H. The van der Waals surface area contributed by atoms with E-state index < -0.39 is 0 Å². The van der Waals surface area contributed by atoms with Gasteiger partial charge in [-0.05, 0) is 36.1 Å². The maximum Gasteiger partial charge on any atom is 0.191 e. The Morgan fingerprint density at radius 2 is 2.05 bits per heavy atom. The number of hydrogen-bond acceptors (Lipinski definition) is 3. The second kappa shape index (κ2) is 9.73. The molecule has 7 heteroatoms. The lowest BCUT2D eigenvalue weighted by Gasteiger charge is -2.13. The average molecular weight is 435 g/mol. The van der Waals surface area contributed by atoms with Crippen LogP contribution < -0.4 is 10.6 Å². The van der Waals surface area contributed by atoms with Gasteiger partial charge in [-0.2, -0.15) is 0 Å². The quantitative estimate of drug-likeness (QED) is 0.326. The van der Waals surface area contributed by atoms with Gasteiger partial charge in [0.2, 0.25) is 0 Å². The third-order valence-electron chi connectivity index (χ3n) is 2.95. The highest BCUT2D eigenvalue weighted by Crippen LogP contribution is 2.21. The summed E-state index contributed by atoms with van der Waals surface area (Å²) in [6.07, 6.45) is 5.28. The summed E-state index contributed by atoms with van der Waals surface area (Å²) >= 11 is 1.60. The summed E-state index contributed by atoms with van der Waals surface area (Å²) in [6, 6.07) is 6.70. The highest BCUT2D eigenvalue weighted by Gasteiger charge is 2.05. The number of furan rings is 1. The Balaban J connectivity index is 0.00000242. The monoisotopic (exact) mass is 435 g/mol. The van der Waals surface area contributed by atoms with Crippen molar-refractivity contribution in [2.75, 3.05) is 13.3 Å². The van der Waals surface area contributed by atoms with Crippen molar-refractivity contribution in [2.24, 2.45) is 4.99 Å². The zero-order valence-electron chi connectivity index (χ0n) is 12.4. The van der Waals surface area contributed by atoms with Gasteiger partial charge in [0.05, 0.1) is 12.5 Å². The number of thioether (sulfide) groups is 1. The van der Waals surface area contributed by atoms with Crippen LogP contribution in [0.15, 0.2) is 51.1 Å². The highest BCUT2D eigenvalue weighted by atomic mass is 127. The van der Waals surface area contributed by atoms with E-state index in [4.69, 9.17) is 4.42 Å². The predicted molar refractivity (Wildman–Crippen MR) is 99.3 cm³/mol. The van der Waals surface area contributed by atoms with Crippen molar-refractivity contribution < 1.29 is 8.81 Å². The van der Waals surface area contributed by atoms with Gasteiger partial charge in [-0.1, -0.05) is 0 Å². The number of halogens is 2. The van der Waals surface area contributed by atoms with Crippen molar-refractivity contribution in [3.8, 4) is 0 Å². The van der Waals surface area contributed by atoms with Crippen LogP contribution in [0.2, 0.25) is 0 Å². The molecule has 2 N–H and O–H groups in total. The molecule has 0 radical (unpaired) electrons. The van der Waals surface area contributed by atoms with Gasteiger partial charge in [0.25, 0.3) is 0 Å². The van der Waals surface area contributed by atoms with Gasteiger partial charge in [-0.25, -0.2) is 4.39 Å². The summed E-state index contributed by atoms with van der Waals surface area (Å²) < 4.78 is 18.3. The van der Waals surface area contributed by atoms with Crippen LogP contribution in [0.25, 0.3) is 0 Å². The molecule has 0 fully saturated rings. The lowest BCUT2D eigenvalue weighted by molar-refractivity contribution is 0.563. The van der Waals surface area contributed by atoms with Gasteiger partial charge in [0, 0.05) is 30.6 Å². The molecule has 0 amide bonds. The molecule has 0 aliphatic heterocycles. The molecular weight excluding hydrogens is 416 g/mol. The largest absolute Gasteiger partial charge is 0.472 e. The Labute approximate surface area is 151 Å². The van der Waals surface area contributed by atoms with Crippen molar-refractivity contribution in [2.45, 2.75) is 18.0 Å². The first-order valence-electron chi connectivity index (χ1n) is 6.51. The Kier molecular flexibility index (Phi) is 8.32. The first-order valence-corrected chi connectivity index (χ1v) is 7.73. The van der Waals surface area contributed by atoms with Gasteiger partial charge in [-0.3, -0.25) is 4.99 Å². The number of benzene rings is 1. The van der Waals surface area contributed by atoms with E-state index in [-0.39, 0.29) is 29.8 Å². The lowest BCUT2D eigenvalue weighted by Crippen LogP contribution is -2.36. The molecule has 0 saturated heterocycles. The summed E-state index contributed by atoms with van der Waals surface area (Å²) in [5.41, 5.74) is 1.95. The van der Waals surface area contributed by atoms with Gasteiger partial charge >= 0.3 is 0 Å². The second-order valence-electron chi connectivity index (χ2n) is 4.37. The van der Waals surface area contributed by atoms with Crippen molar-refractivity contribution in [1.29, 1.82) is 0 Å². The molecule has 0 saturated carbocycles. The molecule has 0 spiro atoms. The molecular formula is C15H19FIN3OS. The normalized spacial score (nSPS) is 11.0. The lowest BCUT2D eigenvalue weighted by atomic mass is 10.2. The van der Waals surface area contributed by atoms with Gasteiger partial charge < -0.3 is 15.1 Å². The maximum absolute atomic E-state index is 13.3. The average Bonchev–Trinajstić information content (AvgIpc) is 3.01. The number of nitrogens with zero attached hydrogens (tertiary/aromatic N) is 1. The third kappa shape index (κ3) is 5.53. The first kappa shape index (κ1) is 18.8. The Morgan fingerprint density at radius 1 is 1.27 bits per heavy atom. The second-order valence-corrected chi connectivity index (χ2v) is 5.22. The highest BCUT2D eigenvalue weighted by molar-refractivity contribution is 14.0. The van der Waals surface area contributed by atoms with Gasteiger partial charge in [-0.15, -0.1) is 35.7 Å². The third-order valence-corrected chi connectivity index (χ3v) is 3.79. The van der Waals surface area contributed by atoms with Gasteiger partial charge in [0.15, 0.2) is 5.96 Å². The van der Waals surface area contributed by atoms with Gasteiger partial charge in [0.1, 0.15) is 5.82 Å². The summed E-state index contributed by atoms with van der Waals surface area (Å²) in [4.78, 5) is 5.19. The molecule has 0 aliphatic rings. The topological polar surface area (TPSA) is 49.6 Å². The van der Waals surface area contributed by atoms with Crippen molar-refractivity contribution >= 4 is 41.7 Å². The Bertz CT molecular complexity index is 605. The number of guanidine groups is 1. The van der Waals surface area contributed by atoms with Crippen LogP contribution in [-0.4, -0.2) is 19.3 Å². The fourth-order valence-electron chi connectivity index (χ4n) is 1.86. The SMILES string of the molecule is CN=C(NCc1ccoc1)NCc1cc(F)ccc1SC.I. The fourth-order valence-corrected chi connectivity index (χ4v) is 2.46. The van der Waals surface area contributed by atoms with Crippen molar-refractivity contribution in [3.63, 3.8) is 0 Å². The minimum atomic E-state index is -0.231. The predicted octanol–water partition coefficient (Wildman–Crippen LogP) is 3.62. The number of hydrogen-bond donors (Lipinski definition) is 2. The zero-order chi connectivity index (χ0) is 15.1. The first-order chi connectivity index (χ1) is 10.2. The summed E-state index contributed by atoms with van der Waals surface area (Å²) in [5.74, 6) is 0.429. The number of nitrogens with one attached hydrogen (secondary N) is 2. The molecule has 120 valence electrons. The maximum atomic E-state index is 13.3. The van der Waals surface area contributed by atoms with E-state index in [2.05, 4.69) is 15.6 Å². The smallest absolute Gasteiger partial charge is 0.191 e. The Hall–Kier alpha value is -1.22. The van der Waals surface area contributed by atoms with Crippen LogP contribution in [0.1, 0.15) is 11.1 Å². The summed E-state index contributed by atoms with van der Waals surface area (Å²) in [7, 11) is 1.70. The fraction of sp³-hybridized carbons (Fsp3) is 0.267. The van der Waals surface area contributed by atoms with Crippen molar-refractivity contribution in [3.05, 3.63) is 53.7 Å². The van der Waals surface area contributed by atoms with E-state index in [1.54, 1.807) is 43.5 Å². The minimum absolute atomic E-state index is 0. The molecule has 0 bridgehead atoms. The molecule has 1 aromatic carbocycles. The summed E-state index contributed by atoms with van der Waals surface area (Å²) in [6.45, 7) is 1.13. The number of rotatable bonds is 5. The number of aliphatic imine (C=N–C) groups is 1. The molecule has 0 aliphatic carbocycles. The van der Waals surface area contributed by atoms with E-state index in [9.17, 15) is 4.39 Å². The Morgan fingerprint density at radius 3 is 2.68 bits per heavy atom. The molecule has 1 aromatic heterocycles. The van der Waals surface area contributed by atoms with E-state index in [1.807, 2.05) is 12.3 Å². The molecule has 0 unspecified atom stereocenters. The van der Waals surface area contributed by atoms with Crippen molar-refractivity contribution in [1.82, 2.24) is 10.6 Å².